The van der Waals surface area contributed by atoms with Crippen LogP contribution in [0, 0.1) is 0 Å². The van der Waals surface area contributed by atoms with Gasteiger partial charge < -0.3 is 18.6 Å². The quantitative estimate of drug-likeness (QED) is 0.145. The first-order valence-corrected chi connectivity index (χ1v) is 21.7. The molecule has 2 heterocycles. The van der Waals surface area contributed by atoms with Crippen LogP contribution in [-0.4, -0.2) is 0 Å². The summed E-state index contributed by atoms with van der Waals surface area (Å²) >= 11 is 0. The fourth-order valence-electron chi connectivity index (χ4n) is 9.13. The second kappa shape index (κ2) is 15.7. The van der Waals surface area contributed by atoms with Crippen LogP contribution in [0.25, 0.3) is 77.3 Å². The van der Waals surface area contributed by atoms with Crippen molar-refractivity contribution in [3.8, 4) is 33.4 Å². The lowest BCUT2D eigenvalue weighted by atomic mass is 10.0. The molecule has 12 aromatic rings. The van der Waals surface area contributed by atoms with Gasteiger partial charge in [-0.1, -0.05) is 146 Å². The molecular weight excluding hydrogens is 781 g/mol. The molecular formula is C60H40N2O2. The topological polar surface area (TPSA) is 32.8 Å². The van der Waals surface area contributed by atoms with Crippen molar-refractivity contribution in [1.29, 1.82) is 0 Å². The maximum atomic E-state index is 6.43. The van der Waals surface area contributed by atoms with E-state index in [0.29, 0.717) is 0 Å². The zero-order valence-electron chi connectivity index (χ0n) is 34.8. The fraction of sp³-hybridized carbons (Fsp3) is 0. The van der Waals surface area contributed by atoms with Crippen LogP contribution >= 0.6 is 0 Å². The summed E-state index contributed by atoms with van der Waals surface area (Å²) in [4.78, 5) is 4.61. The number of fused-ring (bicyclic) bond motifs is 6. The van der Waals surface area contributed by atoms with Gasteiger partial charge in [-0.2, -0.15) is 0 Å². The molecule has 0 unspecified atom stereocenters. The highest BCUT2D eigenvalue weighted by molar-refractivity contribution is 6.09. The summed E-state index contributed by atoms with van der Waals surface area (Å²) in [7, 11) is 0. The van der Waals surface area contributed by atoms with Crippen LogP contribution < -0.4 is 9.80 Å². The van der Waals surface area contributed by atoms with E-state index in [1.54, 1.807) is 0 Å². The number of hydrogen-bond donors (Lipinski definition) is 0. The van der Waals surface area contributed by atoms with Crippen LogP contribution in [0.5, 0.6) is 0 Å². The molecule has 0 atom stereocenters. The van der Waals surface area contributed by atoms with Crippen LogP contribution in [0.4, 0.5) is 34.1 Å². The Morgan fingerprint density at radius 2 is 0.609 bits per heavy atom. The van der Waals surface area contributed by atoms with Gasteiger partial charge in [-0.15, -0.1) is 0 Å². The Balaban J connectivity index is 0.892. The third kappa shape index (κ3) is 6.66. The molecule has 0 aliphatic heterocycles. The first kappa shape index (κ1) is 37.2. The van der Waals surface area contributed by atoms with Crippen LogP contribution in [0.1, 0.15) is 0 Å². The lowest BCUT2D eigenvalue weighted by Gasteiger charge is -2.26. The van der Waals surface area contributed by atoms with E-state index in [9.17, 15) is 0 Å². The zero-order chi connectivity index (χ0) is 42.4. The predicted octanol–water partition coefficient (Wildman–Crippen LogP) is 17.4. The number of furan rings is 2. The van der Waals surface area contributed by atoms with Gasteiger partial charge in [-0.05, 0) is 125 Å². The second-order valence-corrected chi connectivity index (χ2v) is 16.1. The lowest BCUT2D eigenvalue weighted by Crippen LogP contribution is -2.10. The molecule has 64 heavy (non-hydrogen) atoms. The largest absolute Gasteiger partial charge is 0.456 e. The molecule has 0 bridgehead atoms. The van der Waals surface area contributed by atoms with Crippen molar-refractivity contribution in [2.75, 3.05) is 9.80 Å². The van der Waals surface area contributed by atoms with E-state index in [1.807, 2.05) is 24.3 Å². The Labute approximate surface area is 371 Å². The first-order valence-electron chi connectivity index (χ1n) is 21.7. The van der Waals surface area contributed by atoms with Crippen molar-refractivity contribution in [3.63, 3.8) is 0 Å². The van der Waals surface area contributed by atoms with Crippen molar-refractivity contribution in [3.05, 3.63) is 243 Å². The number of hydrogen-bond acceptors (Lipinski definition) is 4. The SMILES string of the molecule is c1ccc(N(c2ccccc2)c2ccc(-c3ccc(N(c4ccc(-c5ccc6c(c5)oc5ccccc56)cc4)c4ccc(-c5cccc6c5oc5ccccc56)cc4)cc3)cc2)cc1. The van der Waals surface area contributed by atoms with E-state index >= 15 is 0 Å². The van der Waals surface area contributed by atoms with Crippen molar-refractivity contribution >= 4 is 78.0 Å². The molecule has 0 aliphatic carbocycles. The standard InChI is InChI=1S/C60H40N2O2/c1-3-12-46(13-4-1)61(47-14-5-2-6-15-47)48-31-22-41(23-32-48)42-24-33-49(34-25-42)62(50-35-26-43(27-36-50)45-30-39-55-53-16-7-9-20-57(53)63-59(55)40-45)51-37-28-44(29-38-51)52-18-11-19-56-54-17-8-10-21-58(54)64-60(52)56/h1-40H. The smallest absolute Gasteiger partial charge is 0.143 e. The molecule has 4 heteroatoms. The van der Waals surface area contributed by atoms with E-state index < -0.39 is 0 Å². The number of rotatable bonds is 9. The van der Waals surface area contributed by atoms with Crippen LogP contribution in [0.3, 0.4) is 0 Å². The first-order chi connectivity index (χ1) is 31.7. The fourth-order valence-corrected chi connectivity index (χ4v) is 9.13. The molecule has 0 radical (unpaired) electrons. The number of nitrogens with zero attached hydrogens (tertiary/aromatic N) is 2. The van der Waals surface area contributed by atoms with Crippen molar-refractivity contribution in [1.82, 2.24) is 0 Å². The molecule has 0 saturated heterocycles. The van der Waals surface area contributed by atoms with Crippen molar-refractivity contribution < 1.29 is 8.83 Å². The molecule has 12 rings (SSSR count). The minimum Gasteiger partial charge on any atom is -0.456 e. The molecule has 0 N–H and O–H groups in total. The van der Waals surface area contributed by atoms with E-state index in [4.69, 9.17) is 8.83 Å². The van der Waals surface area contributed by atoms with Gasteiger partial charge in [0.15, 0.2) is 0 Å². The zero-order valence-corrected chi connectivity index (χ0v) is 34.8. The molecule has 4 nitrogen and oxygen atoms in total. The highest BCUT2D eigenvalue weighted by atomic mass is 16.3. The summed E-state index contributed by atoms with van der Waals surface area (Å²) < 4.78 is 12.7. The van der Waals surface area contributed by atoms with E-state index in [2.05, 4.69) is 228 Å². The molecule has 302 valence electrons. The summed E-state index contributed by atoms with van der Waals surface area (Å²) in [6, 6.07) is 85.7. The van der Waals surface area contributed by atoms with Gasteiger partial charge in [0.25, 0.3) is 0 Å². The maximum absolute atomic E-state index is 6.43. The molecule has 2 aromatic heterocycles. The van der Waals surface area contributed by atoms with Gasteiger partial charge in [-0.3, -0.25) is 0 Å². The average Bonchev–Trinajstić information content (AvgIpc) is 3.94. The Bertz CT molecular complexity index is 3530. The maximum Gasteiger partial charge on any atom is 0.143 e. The monoisotopic (exact) mass is 820 g/mol. The predicted molar refractivity (Wildman–Crippen MR) is 267 cm³/mol. The Kier molecular flexibility index (Phi) is 9.12. The molecule has 0 spiro atoms. The third-order valence-corrected chi connectivity index (χ3v) is 12.3. The summed E-state index contributed by atoms with van der Waals surface area (Å²) in [6.45, 7) is 0. The van der Waals surface area contributed by atoms with E-state index in [0.717, 1.165) is 111 Å². The summed E-state index contributed by atoms with van der Waals surface area (Å²) in [5.41, 5.74) is 16.8. The summed E-state index contributed by atoms with van der Waals surface area (Å²) in [5.74, 6) is 0. The van der Waals surface area contributed by atoms with Gasteiger partial charge in [-0.25, -0.2) is 0 Å². The molecule has 0 saturated carbocycles. The molecule has 0 amide bonds. The Morgan fingerprint density at radius 3 is 1.14 bits per heavy atom. The van der Waals surface area contributed by atoms with Gasteiger partial charge in [0.2, 0.25) is 0 Å². The average molecular weight is 821 g/mol. The molecule has 0 aliphatic rings. The minimum absolute atomic E-state index is 0.891. The Hall–Kier alpha value is -8.60. The van der Waals surface area contributed by atoms with Gasteiger partial charge in [0, 0.05) is 61.2 Å². The van der Waals surface area contributed by atoms with Crippen molar-refractivity contribution in [2.24, 2.45) is 0 Å². The molecule has 0 fully saturated rings. The molecule has 10 aromatic carbocycles. The highest BCUT2D eigenvalue weighted by Gasteiger charge is 2.17. The van der Waals surface area contributed by atoms with Crippen LogP contribution in [-0.2, 0) is 0 Å². The van der Waals surface area contributed by atoms with Crippen LogP contribution in [0.2, 0.25) is 0 Å². The van der Waals surface area contributed by atoms with E-state index in [-0.39, 0.29) is 0 Å². The van der Waals surface area contributed by atoms with Crippen molar-refractivity contribution in [2.45, 2.75) is 0 Å². The van der Waals surface area contributed by atoms with Gasteiger partial charge in [0.05, 0.1) is 0 Å². The number of anilines is 6. The number of benzene rings is 10. The Morgan fingerprint density at radius 1 is 0.234 bits per heavy atom. The van der Waals surface area contributed by atoms with Gasteiger partial charge >= 0.3 is 0 Å². The number of para-hydroxylation sites is 5. The summed E-state index contributed by atoms with van der Waals surface area (Å²) in [6.07, 6.45) is 0. The second-order valence-electron chi connectivity index (χ2n) is 16.1. The highest BCUT2D eigenvalue weighted by Crippen LogP contribution is 2.41. The van der Waals surface area contributed by atoms with Gasteiger partial charge in [0.1, 0.15) is 22.3 Å². The third-order valence-electron chi connectivity index (χ3n) is 12.3. The summed E-state index contributed by atoms with van der Waals surface area (Å²) in [5, 5.41) is 4.51. The van der Waals surface area contributed by atoms with Crippen LogP contribution in [0.15, 0.2) is 251 Å². The lowest BCUT2D eigenvalue weighted by molar-refractivity contribution is 0.669. The minimum atomic E-state index is 0.891. The normalized spacial score (nSPS) is 11.4. The van der Waals surface area contributed by atoms with E-state index in [1.165, 1.54) is 0 Å².